The molecule has 1 heterocycles. The summed E-state index contributed by atoms with van der Waals surface area (Å²) in [6.45, 7) is 10.7. The van der Waals surface area contributed by atoms with E-state index in [9.17, 15) is 4.79 Å². The summed E-state index contributed by atoms with van der Waals surface area (Å²) in [5.74, 6) is 1.12. The van der Waals surface area contributed by atoms with Crippen molar-refractivity contribution in [1.29, 1.82) is 0 Å². The summed E-state index contributed by atoms with van der Waals surface area (Å²) in [4.78, 5) is 15.1. The van der Waals surface area contributed by atoms with Gasteiger partial charge in [-0.25, -0.2) is 0 Å². The minimum Gasteiger partial charge on any atom is -0.293 e. The van der Waals surface area contributed by atoms with Crippen LogP contribution in [0.15, 0.2) is 18.2 Å². The van der Waals surface area contributed by atoms with Crippen molar-refractivity contribution in [2.75, 3.05) is 13.1 Å². The van der Waals surface area contributed by atoms with Crippen molar-refractivity contribution in [1.82, 2.24) is 4.90 Å². The third kappa shape index (κ3) is 3.94. The maximum Gasteiger partial charge on any atom is 0.179 e. The highest BCUT2D eigenvalue weighted by Gasteiger charge is 2.25. The summed E-state index contributed by atoms with van der Waals surface area (Å²) in [5.41, 5.74) is 3.32. The zero-order valence-electron chi connectivity index (χ0n) is 14.0. The van der Waals surface area contributed by atoms with E-state index in [0.717, 1.165) is 24.6 Å². The minimum absolute atomic E-state index is 0.00251. The summed E-state index contributed by atoms with van der Waals surface area (Å²) >= 11 is 0. The van der Waals surface area contributed by atoms with Crippen LogP contribution >= 0.6 is 0 Å². The topological polar surface area (TPSA) is 20.3 Å². The van der Waals surface area contributed by atoms with Gasteiger partial charge in [-0.05, 0) is 76.2 Å². The fraction of sp³-hybridized carbons (Fsp3) is 0.632. The fourth-order valence-electron chi connectivity index (χ4n) is 3.28. The molecule has 2 unspecified atom stereocenters. The molecule has 2 rings (SSSR count). The van der Waals surface area contributed by atoms with Crippen molar-refractivity contribution in [3.8, 4) is 0 Å². The van der Waals surface area contributed by atoms with E-state index in [1.165, 1.54) is 36.8 Å². The van der Waals surface area contributed by atoms with Crippen LogP contribution in [0.1, 0.15) is 61.0 Å². The summed E-state index contributed by atoms with van der Waals surface area (Å²) in [6.07, 6.45) is 5.05. The number of rotatable bonds is 4. The van der Waals surface area contributed by atoms with Crippen LogP contribution in [0.2, 0.25) is 0 Å². The Morgan fingerprint density at radius 1 is 1.24 bits per heavy atom. The van der Waals surface area contributed by atoms with E-state index in [4.69, 9.17) is 0 Å². The molecular weight excluding hydrogens is 258 g/mol. The van der Waals surface area contributed by atoms with Crippen LogP contribution in [-0.2, 0) is 0 Å². The lowest BCUT2D eigenvalue weighted by molar-refractivity contribution is 0.0841. The zero-order valence-corrected chi connectivity index (χ0v) is 14.0. The van der Waals surface area contributed by atoms with Crippen LogP contribution < -0.4 is 0 Å². The second-order valence-corrected chi connectivity index (χ2v) is 6.58. The first-order valence-corrected chi connectivity index (χ1v) is 8.38. The number of carbonyl (C=O) groups excluding carboxylic acids is 1. The van der Waals surface area contributed by atoms with E-state index in [1.807, 2.05) is 12.1 Å². The van der Waals surface area contributed by atoms with E-state index in [1.54, 1.807) is 0 Å². The number of hydrogen-bond acceptors (Lipinski definition) is 2. The van der Waals surface area contributed by atoms with Gasteiger partial charge in [0.15, 0.2) is 5.78 Å². The van der Waals surface area contributed by atoms with Crippen LogP contribution in [0, 0.1) is 19.8 Å². The van der Waals surface area contributed by atoms with E-state index < -0.39 is 0 Å². The molecule has 21 heavy (non-hydrogen) atoms. The van der Waals surface area contributed by atoms with Gasteiger partial charge in [-0.3, -0.25) is 9.69 Å². The molecule has 1 fully saturated rings. The van der Waals surface area contributed by atoms with E-state index in [0.29, 0.717) is 0 Å². The van der Waals surface area contributed by atoms with Crippen molar-refractivity contribution >= 4 is 5.78 Å². The third-order valence-electron chi connectivity index (χ3n) is 5.18. The van der Waals surface area contributed by atoms with E-state index in [2.05, 4.69) is 38.7 Å². The molecule has 0 spiro atoms. The van der Waals surface area contributed by atoms with Gasteiger partial charge in [0.1, 0.15) is 0 Å². The molecule has 0 saturated carbocycles. The molecule has 0 radical (unpaired) electrons. The summed E-state index contributed by atoms with van der Waals surface area (Å²) < 4.78 is 0. The highest BCUT2D eigenvalue weighted by atomic mass is 16.1. The van der Waals surface area contributed by atoms with Crippen LogP contribution in [0.5, 0.6) is 0 Å². The van der Waals surface area contributed by atoms with Gasteiger partial charge in [0.05, 0.1) is 6.04 Å². The van der Waals surface area contributed by atoms with E-state index in [-0.39, 0.29) is 11.8 Å². The Labute approximate surface area is 129 Å². The summed E-state index contributed by atoms with van der Waals surface area (Å²) in [6, 6.07) is 6.09. The van der Waals surface area contributed by atoms with Gasteiger partial charge in [0.25, 0.3) is 0 Å². The predicted octanol–water partition coefficient (Wildman–Crippen LogP) is 4.39. The standard InChI is InChI=1S/C19H29NO/c1-5-17-7-6-11-20(12-10-17)16(4)19(21)18-9-8-14(2)15(3)13-18/h8-9,13,16-17H,5-7,10-12H2,1-4H3. The molecule has 0 bridgehead atoms. The van der Waals surface area contributed by atoms with Crippen molar-refractivity contribution in [2.45, 2.75) is 59.4 Å². The number of likely N-dealkylation sites (tertiary alicyclic amines) is 1. The molecule has 2 atom stereocenters. The summed E-state index contributed by atoms with van der Waals surface area (Å²) in [7, 11) is 0. The number of Topliss-reactive ketones (excluding diaryl/α,β-unsaturated/α-hetero) is 1. The molecule has 0 N–H and O–H groups in total. The molecule has 116 valence electrons. The van der Waals surface area contributed by atoms with Gasteiger partial charge in [0.2, 0.25) is 0 Å². The minimum atomic E-state index is 0.00251. The van der Waals surface area contributed by atoms with Crippen molar-refractivity contribution < 1.29 is 4.79 Å². The van der Waals surface area contributed by atoms with E-state index >= 15 is 0 Å². The number of nitrogens with zero attached hydrogens (tertiary/aromatic N) is 1. The monoisotopic (exact) mass is 287 g/mol. The van der Waals surface area contributed by atoms with Crippen molar-refractivity contribution in [3.05, 3.63) is 34.9 Å². The normalized spacial score (nSPS) is 21.8. The Hall–Kier alpha value is -1.15. The average Bonchev–Trinajstić information content (AvgIpc) is 2.74. The van der Waals surface area contributed by atoms with Crippen molar-refractivity contribution in [3.63, 3.8) is 0 Å². The highest BCUT2D eigenvalue weighted by molar-refractivity contribution is 6.00. The number of benzene rings is 1. The molecule has 1 aliphatic heterocycles. The first-order valence-electron chi connectivity index (χ1n) is 8.38. The molecule has 1 aromatic rings. The molecular formula is C19H29NO. The third-order valence-corrected chi connectivity index (χ3v) is 5.18. The van der Waals surface area contributed by atoms with Gasteiger partial charge >= 0.3 is 0 Å². The lowest BCUT2D eigenvalue weighted by Gasteiger charge is -2.26. The molecule has 0 amide bonds. The number of carbonyl (C=O) groups is 1. The van der Waals surface area contributed by atoms with Crippen LogP contribution in [0.3, 0.4) is 0 Å². The molecule has 0 aliphatic carbocycles. The summed E-state index contributed by atoms with van der Waals surface area (Å²) in [5, 5.41) is 0. The van der Waals surface area contributed by atoms with Crippen LogP contribution in [0.4, 0.5) is 0 Å². The zero-order chi connectivity index (χ0) is 15.4. The highest BCUT2D eigenvalue weighted by Crippen LogP contribution is 2.22. The number of aryl methyl sites for hydroxylation is 2. The van der Waals surface area contributed by atoms with Gasteiger partial charge in [-0.1, -0.05) is 25.5 Å². The Morgan fingerprint density at radius 2 is 2.00 bits per heavy atom. The van der Waals surface area contributed by atoms with Gasteiger partial charge in [0, 0.05) is 5.56 Å². The fourth-order valence-corrected chi connectivity index (χ4v) is 3.28. The Morgan fingerprint density at radius 3 is 2.67 bits per heavy atom. The lowest BCUT2D eigenvalue weighted by Crippen LogP contribution is -2.39. The predicted molar refractivity (Wildman–Crippen MR) is 88.9 cm³/mol. The lowest BCUT2D eigenvalue weighted by atomic mass is 9.98. The Kier molecular flexibility index (Phi) is 5.58. The number of ketones is 1. The largest absolute Gasteiger partial charge is 0.293 e. The molecule has 0 aromatic heterocycles. The van der Waals surface area contributed by atoms with Crippen LogP contribution in [-0.4, -0.2) is 29.8 Å². The van der Waals surface area contributed by atoms with Crippen LogP contribution in [0.25, 0.3) is 0 Å². The maximum atomic E-state index is 12.7. The average molecular weight is 287 g/mol. The maximum absolute atomic E-state index is 12.7. The number of hydrogen-bond donors (Lipinski definition) is 0. The second kappa shape index (κ2) is 7.22. The molecule has 2 heteroatoms. The van der Waals surface area contributed by atoms with Gasteiger partial charge in [-0.15, -0.1) is 0 Å². The van der Waals surface area contributed by atoms with Gasteiger partial charge < -0.3 is 0 Å². The SMILES string of the molecule is CCC1CCCN(C(C)C(=O)c2ccc(C)c(C)c2)CC1. The van der Waals surface area contributed by atoms with Gasteiger partial charge in [-0.2, -0.15) is 0 Å². The molecule has 1 aromatic carbocycles. The Balaban J connectivity index is 2.06. The molecule has 2 nitrogen and oxygen atoms in total. The molecule has 1 aliphatic rings. The first kappa shape index (κ1) is 16.2. The molecule has 1 saturated heterocycles. The Bertz CT molecular complexity index is 494. The van der Waals surface area contributed by atoms with Crippen molar-refractivity contribution in [2.24, 2.45) is 5.92 Å². The smallest absolute Gasteiger partial charge is 0.179 e. The second-order valence-electron chi connectivity index (χ2n) is 6.58. The quantitative estimate of drug-likeness (QED) is 0.766. The first-order chi connectivity index (χ1) is 10.0.